The van der Waals surface area contributed by atoms with E-state index in [4.69, 9.17) is 5.73 Å². The van der Waals surface area contributed by atoms with E-state index in [1.54, 1.807) is 0 Å². The average Bonchev–Trinajstić information content (AvgIpc) is 3.15. The maximum absolute atomic E-state index is 12.7. The minimum Gasteiger partial charge on any atom is -0.374 e. The fourth-order valence-corrected chi connectivity index (χ4v) is 4.45. The molecule has 26 heavy (non-hydrogen) atoms. The fourth-order valence-electron chi connectivity index (χ4n) is 2.93. The Balaban J connectivity index is 1.81. The summed E-state index contributed by atoms with van der Waals surface area (Å²) in [5, 5.41) is 8.14. The minimum atomic E-state index is 0.0851. The second-order valence-corrected chi connectivity index (χ2v) is 8.72. The Hall–Kier alpha value is -2.12. The van der Waals surface area contributed by atoms with Gasteiger partial charge in [-0.25, -0.2) is 0 Å². The summed E-state index contributed by atoms with van der Waals surface area (Å²) in [7, 11) is 0. The van der Waals surface area contributed by atoms with Crippen LogP contribution in [-0.2, 0) is 0 Å². The van der Waals surface area contributed by atoms with Crippen LogP contribution in [0.2, 0.25) is 0 Å². The number of hydrogen-bond donors (Lipinski definition) is 1. The van der Waals surface area contributed by atoms with E-state index in [0.717, 1.165) is 22.6 Å². The number of nitrogens with two attached hydrogens (primary N) is 1. The molecule has 5 nitrogen and oxygen atoms in total. The molecule has 2 N–H and O–H groups in total. The van der Waals surface area contributed by atoms with Crippen molar-refractivity contribution in [1.29, 1.82) is 0 Å². The summed E-state index contributed by atoms with van der Waals surface area (Å²) in [6.07, 6.45) is 0. The molecular formula is C19H22N4OS2. The number of aryl methyl sites for hydroxylation is 1. The SMILES string of the molecule is Cc1cc(C(=O)CSc2nnc(N)s2)c(C)n1-c1ccc(C(C)C)cc1. The van der Waals surface area contributed by atoms with Gasteiger partial charge in [0.25, 0.3) is 0 Å². The first-order chi connectivity index (χ1) is 12.4. The smallest absolute Gasteiger partial charge is 0.203 e. The topological polar surface area (TPSA) is 73.8 Å². The fraction of sp³-hybridized carbons (Fsp3) is 0.316. The molecule has 3 rings (SSSR count). The number of rotatable bonds is 6. The van der Waals surface area contributed by atoms with Crippen LogP contribution in [0.5, 0.6) is 0 Å². The first-order valence-corrected chi connectivity index (χ1v) is 10.2. The van der Waals surface area contributed by atoms with Crippen LogP contribution in [0.1, 0.15) is 47.1 Å². The van der Waals surface area contributed by atoms with E-state index in [2.05, 4.69) is 52.9 Å². The Morgan fingerprint density at radius 3 is 2.50 bits per heavy atom. The first-order valence-electron chi connectivity index (χ1n) is 8.41. The third-order valence-electron chi connectivity index (χ3n) is 4.30. The van der Waals surface area contributed by atoms with Crippen molar-refractivity contribution in [3.63, 3.8) is 0 Å². The van der Waals surface area contributed by atoms with Crippen molar-refractivity contribution in [2.75, 3.05) is 11.5 Å². The average molecular weight is 387 g/mol. The lowest BCUT2D eigenvalue weighted by atomic mass is 10.0. The zero-order valence-electron chi connectivity index (χ0n) is 15.3. The highest BCUT2D eigenvalue weighted by atomic mass is 32.2. The number of nitrogen functional groups attached to an aromatic ring is 1. The maximum Gasteiger partial charge on any atom is 0.203 e. The second-order valence-electron chi connectivity index (χ2n) is 6.48. The van der Waals surface area contributed by atoms with Gasteiger partial charge in [-0.05, 0) is 43.5 Å². The number of hydrogen-bond acceptors (Lipinski definition) is 6. The van der Waals surface area contributed by atoms with Crippen LogP contribution < -0.4 is 5.73 Å². The normalized spacial score (nSPS) is 11.3. The zero-order valence-corrected chi connectivity index (χ0v) is 16.9. The summed E-state index contributed by atoms with van der Waals surface area (Å²) in [5.41, 5.74) is 10.7. The summed E-state index contributed by atoms with van der Waals surface area (Å²) in [6.45, 7) is 8.38. The molecule has 0 aliphatic rings. The number of carbonyl (C=O) groups excluding carboxylic acids is 1. The first kappa shape index (κ1) is 18.7. The van der Waals surface area contributed by atoms with Crippen LogP contribution in [0.25, 0.3) is 5.69 Å². The van der Waals surface area contributed by atoms with E-state index in [0.29, 0.717) is 21.1 Å². The van der Waals surface area contributed by atoms with Gasteiger partial charge >= 0.3 is 0 Å². The van der Waals surface area contributed by atoms with E-state index in [9.17, 15) is 4.79 Å². The number of anilines is 1. The van der Waals surface area contributed by atoms with E-state index in [-0.39, 0.29) is 5.78 Å². The van der Waals surface area contributed by atoms with Crippen LogP contribution in [0.15, 0.2) is 34.7 Å². The molecule has 0 saturated heterocycles. The molecule has 0 radical (unpaired) electrons. The van der Waals surface area contributed by atoms with Gasteiger partial charge in [-0.3, -0.25) is 4.79 Å². The Labute approximate surface area is 161 Å². The summed E-state index contributed by atoms with van der Waals surface area (Å²) in [5.74, 6) is 0.909. The molecule has 3 aromatic rings. The Bertz CT molecular complexity index is 926. The van der Waals surface area contributed by atoms with Gasteiger partial charge in [0.05, 0.1) is 5.75 Å². The van der Waals surface area contributed by atoms with Crippen molar-refractivity contribution >= 4 is 34.0 Å². The van der Waals surface area contributed by atoms with E-state index in [1.807, 2.05) is 19.9 Å². The van der Waals surface area contributed by atoms with Crippen molar-refractivity contribution in [1.82, 2.24) is 14.8 Å². The van der Waals surface area contributed by atoms with Crippen molar-refractivity contribution in [3.05, 3.63) is 52.8 Å². The number of carbonyl (C=O) groups is 1. The van der Waals surface area contributed by atoms with Gasteiger partial charge in [-0.15, -0.1) is 10.2 Å². The molecule has 0 bridgehead atoms. The van der Waals surface area contributed by atoms with Gasteiger partial charge in [0.2, 0.25) is 5.13 Å². The van der Waals surface area contributed by atoms with Crippen LogP contribution in [0, 0.1) is 13.8 Å². The second kappa shape index (κ2) is 7.63. The van der Waals surface area contributed by atoms with Crippen molar-refractivity contribution in [3.8, 4) is 5.69 Å². The van der Waals surface area contributed by atoms with Crippen molar-refractivity contribution < 1.29 is 4.79 Å². The third kappa shape index (κ3) is 3.83. The van der Waals surface area contributed by atoms with Crippen LogP contribution in [-0.4, -0.2) is 26.3 Å². The zero-order chi connectivity index (χ0) is 18.8. The summed E-state index contributed by atoms with van der Waals surface area (Å²) >= 11 is 2.67. The third-order valence-corrected chi connectivity index (χ3v) is 6.18. The molecule has 0 unspecified atom stereocenters. The largest absolute Gasteiger partial charge is 0.374 e. The Morgan fingerprint density at radius 2 is 1.92 bits per heavy atom. The minimum absolute atomic E-state index is 0.0851. The molecular weight excluding hydrogens is 364 g/mol. The maximum atomic E-state index is 12.7. The number of nitrogens with zero attached hydrogens (tertiary/aromatic N) is 3. The standard InChI is InChI=1S/C19H22N4OS2/c1-11(2)14-5-7-15(8-6-14)23-12(3)9-16(13(23)4)17(24)10-25-19-22-21-18(20)26-19/h5-9,11H,10H2,1-4H3,(H2,20,21). The molecule has 7 heteroatoms. The molecule has 0 fully saturated rings. The Morgan fingerprint density at radius 1 is 1.23 bits per heavy atom. The van der Waals surface area contributed by atoms with Gasteiger partial charge in [0.1, 0.15) is 0 Å². The van der Waals surface area contributed by atoms with Crippen LogP contribution in [0.3, 0.4) is 0 Å². The predicted molar refractivity (Wildman–Crippen MR) is 109 cm³/mol. The molecule has 0 spiro atoms. The van der Waals surface area contributed by atoms with Gasteiger partial charge in [0, 0.05) is 22.6 Å². The van der Waals surface area contributed by atoms with E-state index < -0.39 is 0 Å². The molecule has 0 aliphatic carbocycles. The van der Waals surface area contributed by atoms with Crippen LogP contribution >= 0.6 is 23.1 Å². The van der Waals surface area contributed by atoms with Gasteiger partial charge in [-0.1, -0.05) is 49.1 Å². The number of Topliss-reactive ketones (excluding diaryl/α,β-unsaturated/α-hetero) is 1. The van der Waals surface area contributed by atoms with Gasteiger partial charge in [0.15, 0.2) is 10.1 Å². The lowest BCUT2D eigenvalue weighted by molar-refractivity contribution is 0.102. The van der Waals surface area contributed by atoms with Gasteiger partial charge < -0.3 is 10.3 Å². The molecule has 0 saturated carbocycles. The molecule has 2 heterocycles. The highest BCUT2D eigenvalue weighted by molar-refractivity contribution is 8.01. The lowest BCUT2D eigenvalue weighted by Crippen LogP contribution is -2.05. The molecule has 1 aromatic carbocycles. The quantitative estimate of drug-likeness (QED) is 0.494. The summed E-state index contributed by atoms with van der Waals surface area (Å²) < 4.78 is 2.85. The highest BCUT2D eigenvalue weighted by Gasteiger charge is 2.17. The van der Waals surface area contributed by atoms with E-state index >= 15 is 0 Å². The highest BCUT2D eigenvalue weighted by Crippen LogP contribution is 2.27. The lowest BCUT2D eigenvalue weighted by Gasteiger charge is -2.12. The molecule has 2 aromatic heterocycles. The Kier molecular flexibility index (Phi) is 5.48. The number of benzene rings is 1. The number of thioether (sulfide) groups is 1. The summed E-state index contributed by atoms with van der Waals surface area (Å²) in [6, 6.07) is 10.5. The monoisotopic (exact) mass is 386 g/mol. The molecule has 136 valence electrons. The van der Waals surface area contributed by atoms with E-state index in [1.165, 1.54) is 28.7 Å². The van der Waals surface area contributed by atoms with Crippen molar-refractivity contribution in [2.24, 2.45) is 0 Å². The van der Waals surface area contributed by atoms with Crippen molar-refractivity contribution in [2.45, 2.75) is 38.0 Å². The molecule has 0 amide bonds. The van der Waals surface area contributed by atoms with Crippen LogP contribution in [0.4, 0.5) is 5.13 Å². The number of ketones is 1. The van der Waals surface area contributed by atoms with Gasteiger partial charge in [-0.2, -0.15) is 0 Å². The molecule has 0 aliphatic heterocycles. The predicted octanol–water partition coefficient (Wildman–Crippen LogP) is 4.63. The number of aromatic nitrogens is 3. The molecule has 0 atom stereocenters. The summed E-state index contributed by atoms with van der Waals surface area (Å²) in [4.78, 5) is 12.7.